The van der Waals surface area contributed by atoms with E-state index in [1.807, 2.05) is 36.4 Å². The molecule has 0 aliphatic heterocycles. The van der Waals surface area contributed by atoms with Crippen LogP contribution in [0.15, 0.2) is 48.5 Å². The number of anilines is 1. The number of ether oxygens (including phenoxy) is 1. The molecule has 1 atom stereocenters. The van der Waals surface area contributed by atoms with Crippen LogP contribution < -0.4 is 15.4 Å². The number of benzene rings is 2. The van der Waals surface area contributed by atoms with Crippen LogP contribution in [0, 0.1) is 17.2 Å². The van der Waals surface area contributed by atoms with Gasteiger partial charge in [-0.1, -0.05) is 38.1 Å². The molecule has 2 aromatic carbocycles. The summed E-state index contributed by atoms with van der Waals surface area (Å²) in [6.07, 6.45) is 1.38. The van der Waals surface area contributed by atoms with Crippen molar-refractivity contribution in [2.45, 2.75) is 32.7 Å². The van der Waals surface area contributed by atoms with E-state index in [1.54, 1.807) is 7.11 Å². The van der Waals surface area contributed by atoms with Crippen LogP contribution in [0.5, 0.6) is 5.75 Å². The van der Waals surface area contributed by atoms with Crippen molar-refractivity contribution in [3.8, 4) is 11.8 Å². The first-order valence-electron chi connectivity index (χ1n) is 8.69. The van der Waals surface area contributed by atoms with Gasteiger partial charge in [-0.05, 0) is 59.9 Å². The van der Waals surface area contributed by atoms with Crippen molar-refractivity contribution in [2.75, 3.05) is 12.4 Å². The number of thiocarbonyl (C=S) groups is 1. The number of rotatable bonds is 7. The Balaban J connectivity index is 2.04. The molecule has 2 aromatic rings. The molecule has 26 heavy (non-hydrogen) atoms. The van der Waals surface area contributed by atoms with Gasteiger partial charge in [0.1, 0.15) is 5.75 Å². The largest absolute Gasteiger partial charge is 0.497 e. The van der Waals surface area contributed by atoms with Crippen molar-refractivity contribution >= 4 is 23.0 Å². The quantitative estimate of drug-likeness (QED) is 0.686. The van der Waals surface area contributed by atoms with Gasteiger partial charge >= 0.3 is 0 Å². The Bertz CT molecular complexity index is 748. The lowest BCUT2D eigenvalue weighted by atomic mass is 9.97. The minimum atomic E-state index is 0.124. The summed E-state index contributed by atoms with van der Waals surface area (Å²) in [6, 6.07) is 18.1. The SMILES string of the molecule is COc1ccc([C@@H](CC(C)C)NC(=S)Nc2ccc(CC#N)cc2)cc1. The van der Waals surface area contributed by atoms with Crippen molar-refractivity contribution in [3.63, 3.8) is 0 Å². The maximum Gasteiger partial charge on any atom is 0.171 e. The number of nitriles is 1. The minimum absolute atomic E-state index is 0.124. The second-order valence-electron chi connectivity index (χ2n) is 6.59. The van der Waals surface area contributed by atoms with Gasteiger partial charge in [0.2, 0.25) is 0 Å². The van der Waals surface area contributed by atoms with Crippen LogP contribution in [0.1, 0.15) is 37.4 Å². The molecule has 0 saturated carbocycles. The second-order valence-corrected chi connectivity index (χ2v) is 6.99. The lowest BCUT2D eigenvalue weighted by Gasteiger charge is -2.23. The molecule has 0 spiro atoms. The summed E-state index contributed by atoms with van der Waals surface area (Å²) in [7, 11) is 1.67. The molecule has 0 heterocycles. The van der Waals surface area contributed by atoms with E-state index in [9.17, 15) is 0 Å². The molecule has 5 heteroatoms. The van der Waals surface area contributed by atoms with Crippen molar-refractivity contribution in [1.82, 2.24) is 5.32 Å². The fourth-order valence-electron chi connectivity index (χ4n) is 2.71. The van der Waals surface area contributed by atoms with E-state index in [-0.39, 0.29) is 6.04 Å². The van der Waals surface area contributed by atoms with Gasteiger partial charge in [0.05, 0.1) is 25.6 Å². The predicted octanol–water partition coefficient (Wildman–Crippen LogP) is 4.84. The summed E-state index contributed by atoms with van der Waals surface area (Å²) in [5.74, 6) is 1.37. The van der Waals surface area contributed by atoms with E-state index < -0.39 is 0 Å². The van der Waals surface area contributed by atoms with Gasteiger partial charge in [-0.15, -0.1) is 0 Å². The van der Waals surface area contributed by atoms with Gasteiger partial charge in [0.15, 0.2) is 5.11 Å². The fraction of sp³-hybridized carbons (Fsp3) is 0.333. The summed E-state index contributed by atoms with van der Waals surface area (Å²) in [4.78, 5) is 0. The van der Waals surface area contributed by atoms with E-state index >= 15 is 0 Å². The Morgan fingerprint density at radius 3 is 2.31 bits per heavy atom. The maximum atomic E-state index is 8.74. The highest BCUT2D eigenvalue weighted by atomic mass is 32.1. The zero-order valence-corrected chi connectivity index (χ0v) is 16.3. The average Bonchev–Trinajstić information content (AvgIpc) is 2.63. The summed E-state index contributed by atoms with van der Waals surface area (Å²) in [5.41, 5.74) is 3.07. The van der Waals surface area contributed by atoms with Gasteiger partial charge in [-0.2, -0.15) is 5.26 Å². The molecule has 2 N–H and O–H groups in total. The molecule has 0 amide bonds. The van der Waals surface area contributed by atoms with Gasteiger partial charge < -0.3 is 15.4 Å². The molecule has 0 radical (unpaired) electrons. The van der Waals surface area contributed by atoms with Crippen molar-refractivity contribution in [2.24, 2.45) is 5.92 Å². The third-order valence-corrected chi connectivity index (χ3v) is 4.25. The zero-order chi connectivity index (χ0) is 18.9. The molecule has 0 unspecified atom stereocenters. The first-order valence-corrected chi connectivity index (χ1v) is 9.10. The Morgan fingerprint density at radius 1 is 1.12 bits per heavy atom. The third-order valence-electron chi connectivity index (χ3n) is 4.03. The lowest BCUT2D eigenvalue weighted by molar-refractivity contribution is 0.414. The van der Waals surface area contributed by atoms with Crippen LogP contribution in [0.4, 0.5) is 5.69 Å². The molecule has 4 nitrogen and oxygen atoms in total. The van der Waals surface area contributed by atoms with Crippen LogP contribution in [0.2, 0.25) is 0 Å². The standard InChI is InChI=1S/C21H25N3OS/c1-15(2)14-20(17-6-10-19(25-3)11-7-17)24-21(26)23-18-8-4-16(5-9-18)12-13-22/h4-11,15,20H,12,14H2,1-3H3,(H2,23,24,26)/t20-/m1/s1. The predicted molar refractivity (Wildman–Crippen MR) is 110 cm³/mol. The van der Waals surface area contributed by atoms with Crippen LogP contribution in [-0.4, -0.2) is 12.2 Å². The Labute approximate surface area is 161 Å². The molecule has 0 aliphatic carbocycles. The van der Waals surface area contributed by atoms with Crippen LogP contribution in [0.25, 0.3) is 0 Å². The topological polar surface area (TPSA) is 57.1 Å². The summed E-state index contributed by atoms with van der Waals surface area (Å²) in [5, 5.41) is 16.0. The number of methoxy groups -OCH3 is 1. The van der Waals surface area contributed by atoms with Crippen molar-refractivity contribution in [1.29, 1.82) is 5.26 Å². The molecule has 0 aromatic heterocycles. The number of nitrogens with one attached hydrogen (secondary N) is 2. The lowest BCUT2D eigenvalue weighted by Crippen LogP contribution is -2.33. The smallest absolute Gasteiger partial charge is 0.171 e. The Hall–Kier alpha value is -2.58. The van der Waals surface area contributed by atoms with E-state index in [0.29, 0.717) is 17.5 Å². The molecule has 0 fully saturated rings. The first kappa shape index (κ1) is 19.7. The molecule has 0 bridgehead atoms. The summed E-state index contributed by atoms with van der Waals surface area (Å²) < 4.78 is 5.24. The van der Waals surface area contributed by atoms with Gasteiger partial charge in [0.25, 0.3) is 0 Å². The van der Waals surface area contributed by atoms with E-state index in [2.05, 4.69) is 42.7 Å². The molecule has 2 rings (SSSR count). The highest BCUT2D eigenvalue weighted by Crippen LogP contribution is 2.24. The highest BCUT2D eigenvalue weighted by Gasteiger charge is 2.15. The monoisotopic (exact) mass is 367 g/mol. The zero-order valence-electron chi connectivity index (χ0n) is 15.5. The van der Waals surface area contributed by atoms with Gasteiger partial charge in [0, 0.05) is 5.69 Å². The maximum absolute atomic E-state index is 8.74. The fourth-order valence-corrected chi connectivity index (χ4v) is 2.97. The number of hydrogen-bond donors (Lipinski definition) is 2. The number of hydrogen-bond acceptors (Lipinski definition) is 3. The van der Waals surface area contributed by atoms with E-state index in [0.717, 1.165) is 23.4 Å². The van der Waals surface area contributed by atoms with Crippen LogP contribution in [-0.2, 0) is 6.42 Å². The molecular formula is C21H25N3OS. The summed E-state index contributed by atoms with van der Waals surface area (Å²) in [6.45, 7) is 4.39. The molecule has 136 valence electrons. The Kier molecular flexibility index (Phi) is 7.43. The van der Waals surface area contributed by atoms with Gasteiger partial charge in [-0.25, -0.2) is 0 Å². The minimum Gasteiger partial charge on any atom is -0.497 e. The third kappa shape index (κ3) is 6.05. The van der Waals surface area contributed by atoms with Crippen molar-refractivity contribution < 1.29 is 4.74 Å². The van der Waals surface area contributed by atoms with Crippen molar-refractivity contribution in [3.05, 3.63) is 59.7 Å². The number of nitrogens with zero attached hydrogens (tertiary/aromatic N) is 1. The normalized spacial score (nSPS) is 11.5. The van der Waals surface area contributed by atoms with E-state index in [4.69, 9.17) is 22.2 Å². The highest BCUT2D eigenvalue weighted by molar-refractivity contribution is 7.80. The second kappa shape index (κ2) is 9.79. The van der Waals surface area contributed by atoms with Gasteiger partial charge in [-0.3, -0.25) is 0 Å². The molecular weight excluding hydrogens is 342 g/mol. The Morgan fingerprint density at radius 2 is 1.77 bits per heavy atom. The molecule has 0 saturated heterocycles. The summed E-state index contributed by atoms with van der Waals surface area (Å²) >= 11 is 5.50. The van der Waals surface area contributed by atoms with Crippen LogP contribution in [0.3, 0.4) is 0 Å². The molecule has 0 aliphatic rings. The van der Waals surface area contributed by atoms with E-state index in [1.165, 1.54) is 5.56 Å². The first-order chi connectivity index (χ1) is 12.5. The average molecular weight is 368 g/mol. The van der Waals surface area contributed by atoms with Crippen LogP contribution >= 0.6 is 12.2 Å².